The van der Waals surface area contributed by atoms with Gasteiger partial charge >= 0.3 is 0 Å². The van der Waals surface area contributed by atoms with Gasteiger partial charge in [-0.25, -0.2) is 0 Å². The smallest absolute Gasteiger partial charge is 0.253 e. The summed E-state index contributed by atoms with van der Waals surface area (Å²) < 4.78 is 0. The first kappa shape index (κ1) is 11.8. The first-order chi connectivity index (χ1) is 8.18. The van der Waals surface area contributed by atoms with Crippen molar-refractivity contribution >= 4 is 17.3 Å². The number of anilines is 2. The number of likely N-dealkylation sites (tertiary alicyclic amines) is 1. The second-order valence-corrected chi connectivity index (χ2v) is 4.55. The molecule has 0 spiro atoms. The normalized spacial score (nSPS) is 16.6. The second kappa shape index (κ2) is 5.08. The fourth-order valence-electron chi connectivity index (χ4n) is 2.16. The van der Waals surface area contributed by atoms with Gasteiger partial charge in [-0.2, -0.15) is 0 Å². The van der Waals surface area contributed by atoms with Gasteiger partial charge in [-0.3, -0.25) is 4.79 Å². The highest BCUT2D eigenvalue weighted by Gasteiger charge is 2.17. The van der Waals surface area contributed by atoms with Gasteiger partial charge in [0.15, 0.2) is 0 Å². The first-order valence-corrected chi connectivity index (χ1v) is 6.13. The molecule has 0 bridgehead atoms. The molecule has 17 heavy (non-hydrogen) atoms. The van der Waals surface area contributed by atoms with Crippen LogP contribution in [-0.2, 0) is 0 Å². The summed E-state index contributed by atoms with van der Waals surface area (Å²) in [6.45, 7) is 1.70. The molecule has 0 unspecified atom stereocenters. The SMILES string of the molecule is Nc1ccc(C(=O)N2CCCCCC2)cc1N. The third kappa shape index (κ3) is 2.70. The van der Waals surface area contributed by atoms with E-state index in [0.717, 1.165) is 25.9 Å². The second-order valence-electron chi connectivity index (χ2n) is 4.55. The van der Waals surface area contributed by atoms with Crippen molar-refractivity contribution in [3.05, 3.63) is 23.8 Å². The maximum absolute atomic E-state index is 12.2. The zero-order chi connectivity index (χ0) is 12.3. The van der Waals surface area contributed by atoms with Crippen molar-refractivity contribution in [2.75, 3.05) is 24.6 Å². The Morgan fingerprint density at radius 3 is 2.24 bits per heavy atom. The van der Waals surface area contributed by atoms with Crippen LogP contribution in [0.4, 0.5) is 11.4 Å². The standard InChI is InChI=1S/C13H19N3O/c14-11-6-5-10(9-12(11)15)13(17)16-7-3-1-2-4-8-16/h5-6,9H,1-4,7-8,14-15H2. The molecule has 1 aliphatic heterocycles. The fourth-order valence-corrected chi connectivity index (χ4v) is 2.16. The van der Waals surface area contributed by atoms with E-state index >= 15 is 0 Å². The minimum Gasteiger partial charge on any atom is -0.397 e. The van der Waals surface area contributed by atoms with Gasteiger partial charge in [0.1, 0.15) is 0 Å². The molecule has 4 heteroatoms. The van der Waals surface area contributed by atoms with E-state index in [0.29, 0.717) is 16.9 Å². The zero-order valence-electron chi connectivity index (χ0n) is 9.98. The third-order valence-electron chi connectivity index (χ3n) is 3.23. The number of rotatable bonds is 1. The van der Waals surface area contributed by atoms with Gasteiger partial charge in [0.2, 0.25) is 0 Å². The van der Waals surface area contributed by atoms with Crippen molar-refractivity contribution < 1.29 is 4.79 Å². The number of nitrogens with zero attached hydrogens (tertiary/aromatic N) is 1. The topological polar surface area (TPSA) is 72.4 Å². The van der Waals surface area contributed by atoms with E-state index in [1.807, 2.05) is 4.90 Å². The largest absolute Gasteiger partial charge is 0.397 e. The van der Waals surface area contributed by atoms with Crippen LogP contribution in [-0.4, -0.2) is 23.9 Å². The van der Waals surface area contributed by atoms with Crippen LogP contribution < -0.4 is 11.5 Å². The monoisotopic (exact) mass is 233 g/mol. The molecule has 1 aromatic rings. The Morgan fingerprint density at radius 2 is 1.65 bits per heavy atom. The first-order valence-electron chi connectivity index (χ1n) is 6.13. The van der Waals surface area contributed by atoms with Gasteiger partial charge in [0, 0.05) is 18.7 Å². The van der Waals surface area contributed by atoms with Crippen LogP contribution in [0.15, 0.2) is 18.2 Å². The minimum atomic E-state index is 0.0681. The number of nitrogen functional groups attached to an aromatic ring is 2. The van der Waals surface area contributed by atoms with E-state index in [4.69, 9.17) is 11.5 Å². The molecular formula is C13H19N3O. The summed E-state index contributed by atoms with van der Waals surface area (Å²) in [6.07, 6.45) is 4.62. The van der Waals surface area contributed by atoms with Crippen molar-refractivity contribution in [2.24, 2.45) is 0 Å². The van der Waals surface area contributed by atoms with Gasteiger partial charge in [0.25, 0.3) is 5.91 Å². The summed E-state index contributed by atoms with van der Waals surface area (Å²) in [5.74, 6) is 0.0681. The van der Waals surface area contributed by atoms with Crippen molar-refractivity contribution in [3.8, 4) is 0 Å². The number of hydrogen-bond donors (Lipinski definition) is 2. The Labute approximate surface area is 102 Å². The number of carbonyl (C=O) groups is 1. The zero-order valence-corrected chi connectivity index (χ0v) is 9.98. The molecule has 1 heterocycles. The van der Waals surface area contributed by atoms with E-state index in [-0.39, 0.29) is 5.91 Å². The molecule has 0 aliphatic carbocycles. The molecule has 0 radical (unpaired) electrons. The van der Waals surface area contributed by atoms with Gasteiger partial charge in [-0.1, -0.05) is 12.8 Å². The van der Waals surface area contributed by atoms with Crippen molar-refractivity contribution in [3.63, 3.8) is 0 Å². The van der Waals surface area contributed by atoms with Crippen molar-refractivity contribution in [1.29, 1.82) is 0 Å². The number of nitrogens with two attached hydrogens (primary N) is 2. The lowest BCUT2D eigenvalue weighted by atomic mass is 10.1. The van der Waals surface area contributed by atoms with E-state index in [1.165, 1.54) is 12.8 Å². The molecule has 4 nitrogen and oxygen atoms in total. The molecular weight excluding hydrogens is 214 g/mol. The summed E-state index contributed by atoms with van der Waals surface area (Å²) in [4.78, 5) is 14.2. The Kier molecular flexibility index (Phi) is 3.52. The average molecular weight is 233 g/mol. The van der Waals surface area contributed by atoms with E-state index in [9.17, 15) is 4.79 Å². The lowest BCUT2D eigenvalue weighted by Gasteiger charge is -2.20. The Balaban J connectivity index is 2.14. The van der Waals surface area contributed by atoms with Crippen LogP contribution in [0.5, 0.6) is 0 Å². The summed E-state index contributed by atoms with van der Waals surface area (Å²) in [5, 5.41) is 0. The molecule has 2 rings (SSSR count). The predicted molar refractivity (Wildman–Crippen MR) is 69.6 cm³/mol. The number of carbonyl (C=O) groups excluding carboxylic acids is 1. The van der Waals surface area contributed by atoms with Gasteiger partial charge in [-0.05, 0) is 31.0 Å². The summed E-state index contributed by atoms with van der Waals surface area (Å²) >= 11 is 0. The van der Waals surface area contributed by atoms with E-state index in [1.54, 1.807) is 18.2 Å². The molecule has 92 valence electrons. The molecule has 1 fully saturated rings. The Bertz CT molecular complexity index is 409. The number of amides is 1. The van der Waals surface area contributed by atoms with Crippen molar-refractivity contribution in [1.82, 2.24) is 4.90 Å². The van der Waals surface area contributed by atoms with Gasteiger partial charge < -0.3 is 16.4 Å². The van der Waals surface area contributed by atoms with Crippen LogP contribution in [0.3, 0.4) is 0 Å². The minimum absolute atomic E-state index is 0.0681. The lowest BCUT2D eigenvalue weighted by molar-refractivity contribution is 0.0762. The predicted octanol–water partition coefficient (Wildman–Crippen LogP) is 1.87. The number of benzene rings is 1. The Hall–Kier alpha value is -1.71. The maximum atomic E-state index is 12.2. The molecule has 1 aromatic carbocycles. The van der Waals surface area contributed by atoms with Crippen LogP contribution in [0.25, 0.3) is 0 Å². The lowest BCUT2D eigenvalue weighted by Crippen LogP contribution is -2.31. The molecule has 1 amide bonds. The summed E-state index contributed by atoms with van der Waals surface area (Å²) in [6, 6.07) is 5.11. The average Bonchev–Trinajstić information content (AvgIpc) is 2.60. The van der Waals surface area contributed by atoms with Gasteiger partial charge in [-0.15, -0.1) is 0 Å². The van der Waals surface area contributed by atoms with Gasteiger partial charge in [0.05, 0.1) is 11.4 Å². The fraction of sp³-hybridized carbons (Fsp3) is 0.462. The molecule has 0 aromatic heterocycles. The highest BCUT2D eigenvalue weighted by Crippen LogP contribution is 2.19. The van der Waals surface area contributed by atoms with E-state index < -0.39 is 0 Å². The van der Waals surface area contributed by atoms with Crippen LogP contribution in [0, 0.1) is 0 Å². The van der Waals surface area contributed by atoms with Crippen LogP contribution >= 0.6 is 0 Å². The van der Waals surface area contributed by atoms with Crippen LogP contribution in [0.1, 0.15) is 36.0 Å². The quantitative estimate of drug-likeness (QED) is 0.727. The molecule has 0 atom stereocenters. The van der Waals surface area contributed by atoms with Crippen LogP contribution in [0.2, 0.25) is 0 Å². The van der Waals surface area contributed by atoms with Crippen molar-refractivity contribution in [2.45, 2.75) is 25.7 Å². The maximum Gasteiger partial charge on any atom is 0.253 e. The highest BCUT2D eigenvalue weighted by atomic mass is 16.2. The number of hydrogen-bond acceptors (Lipinski definition) is 3. The van der Waals surface area contributed by atoms with E-state index in [2.05, 4.69) is 0 Å². The molecule has 1 aliphatic rings. The Morgan fingerprint density at radius 1 is 1.00 bits per heavy atom. The summed E-state index contributed by atoms with van der Waals surface area (Å²) in [7, 11) is 0. The summed E-state index contributed by atoms with van der Waals surface area (Å²) in [5.41, 5.74) is 13.0. The molecule has 4 N–H and O–H groups in total. The third-order valence-corrected chi connectivity index (χ3v) is 3.23. The molecule has 1 saturated heterocycles. The highest BCUT2D eigenvalue weighted by molar-refractivity contribution is 5.96. The molecule has 0 saturated carbocycles.